The Labute approximate surface area is 110 Å². The number of methoxy groups -OCH3 is 1. The van der Waals surface area contributed by atoms with Crippen LogP contribution in [0.15, 0.2) is 24.3 Å². The molecule has 1 aromatic rings. The van der Waals surface area contributed by atoms with Crippen LogP contribution in [0.5, 0.6) is 0 Å². The molecule has 1 aromatic carbocycles. The van der Waals surface area contributed by atoms with Gasteiger partial charge in [0, 0.05) is 13.2 Å². The molecule has 98 valence electrons. The Morgan fingerprint density at radius 2 is 2.00 bits per heavy atom. The van der Waals surface area contributed by atoms with Crippen LogP contribution in [0.4, 0.5) is 0 Å². The van der Waals surface area contributed by atoms with Crippen molar-refractivity contribution in [2.75, 3.05) is 13.7 Å². The first-order chi connectivity index (χ1) is 8.82. The highest BCUT2D eigenvalue weighted by atomic mass is 16.5. The largest absolute Gasteiger partial charge is 0.374 e. The van der Waals surface area contributed by atoms with Gasteiger partial charge in [0.05, 0.1) is 5.60 Å². The standard InChI is InChI=1S/C16H23NO/c1-18-16(9-10-16)14-7-5-13(6-8-14)12-15-4-2-3-11-17-15/h5-8,15,17H,2-4,9-12H2,1H3. The van der Waals surface area contributed by atoms with Crippen molar-refractivity contribution in [1.82, 2.24) is 5.32 Å². The molecule has 1 unspecified atom stereocenters. The normalized spacial score (nSPS) is 25.9. The fourth-order valence-corrected chi connectivity index (χ4v) is 3.05. The van der Waals surface area contributed by atoms with Crippen molar-refractivity contribution in [2.45, 2.75) is 50.2 Å². The number of ether oxygens (including phenoxy) is 1. The molecule has 2 heteroatoms. The molecule has 18 heavy (non-hydrogen) atoms. The first-order valence-electron chi connectivity index (χ1n) is 7.20. The third-order valence-corrected chi connectivity index (χ3v) is 4.47. The Kier molecular flexibility index (Phi) is 3.40. The zero-order chi connectivity index (χ0) is 12.4. The first-order valence-corrected chi connectivity index (χ1v) is 7.20. The summed E-state index contributed by atoms with van der Waals surface area (Å²) in [6.45, 7) is 1.19. The van der Waals surface area contributed by atoms with Crippen LogP contribution in [-0.4, -0.2) is 19.7 Å². The van der Waals surface area contributed by atoms with Crippen LogP contribution >= 0.6 is 0 Å². The second kappa shape index (κ2) is 5.02. The highest BCUT2D eigenvalue weighted by Crippen LogP contribution is 2.48. The quantitative estimate of drug-likeness (QED) is 0.880. The highest BCUT2D eigenvalue weighted by molar-refractivity contribution is 5.31. The van der Waals surface area contributed by atoms with Gasteiger partial charge in [-0.2, -0.15) is 0 Å². The molecule has 0 aromatic heterocycles. The third kappa shape index (κ3) is 2.45. The number of hydrogen-bond acceptors (Lipinski definition) is 2. The topological polar surface area (TPSA) is 21.3 Å². The summed E-state index contributed by atoms with van der Waals surface area (Å²) in [6.07, 6.45) is 7.55. The molecule has 2 nitrogen and oxygen atoms in total. The van der Waals surface area contributed by atoms with E-state index in [0.717, 1.165) is 0 Å². The van der Waals surface area contributed by atoms with Crippen LogP contribution in [0, 0.1) is 0 Å². The lowest BCUT2D eigenvalue weighted by Crippen LogP contribution is -2.35. The minimum absolute atomic E-state index is 0.0572. The second-order valence-corrected chi connectivity index (χ2v) is 5.75. The average Bonchev–Trinajstić information content (AvgIpc) is 3.22. The van der Waals surface area contributed by atoms with Gasteiger partial charge in [0.15, 0.2) is 0 Å². The fraction of sp³-hybridized carbons (Fsp3) is 0.625. The molecule has 1 aliphatic heterocycles. The van der Waals surface area contributed by atoms with E-state index < -0.39 is 0 Å². The van der Waals surface area contributed by atoms with Crippen molar-refractivity contribution in [2.24, 2.45) is 0 Å². The van der Waals surface area contributed by atoms with Crippen molar-refractivity contribution in [3.05, 3.63) is 35.4 Å². The SMILES string of the molecule is COC1(c2ccc(CC3CCCCN3)cc2)CC1. The molecular weight excluding hydrogens is 222 g/mol. The Morgan fingerprint density at radius 1 is 1.22 bits per heavy atom. The Bertz CT molecular complexity index is 388. The molecule has 2 aliphatic rings. The summed E-state index contributed by atoms with van der Waals surface area (Å²) in [7, 11) is 1.83. The Hall–Kier alpha value is -0.860. The van der Waals surface area contributed by atoms with Crippen molar-refractivity contribution < 1.29 is 4.74 Å². The van der Waals surface area contributed by atoms with Crippen LogP contribution in [0.2, 0.25) is 0 Å². The van der Waals surface area contributed by atoms with Crippen molar-refractivity contribution in [3.63, 3.8) is 0 Å². The maximum atomic E-state index is 5.61. The minimum Gasteiger partial charge on any atom is -0.374 e. The smallest absolute Gasteiger partial charge is 0.0929 e. The zero-order valence-electron chi connectivity index (χ0n) is 11.2. The molecule has 0 radical (unpaired) electrons. The fourth-order valence-electron chi connectivity index (χ4n) is 3.05. The van der Waals surface area contributed by atoms with Crippen LogP contribution in [0.25, 0.3) is 0 Å². The number of nitrogens with one attached hydrogen (secondary N) is 1. The molecule has 1 saturated carbocycles. The van der Waals surface area contributed by atoms with Gasteiger partial charge >= 0.3 is 0 Å². The Balaban J connectivity index is 1.64. The van der Waals surface area contributed by atoms with Crippen molar-refractivity contribution in [3.8, 4) is 0 Å². The predicted octanol–water partition coefficient (Wildman–Crippen LogP) is 3.01. The zero-order valence-corrected chi connectivity index (χ0v) is 11.2. The molecule has 2 fully saturated rings. The molecule has 3 rings (SSSR count). The molecule has 0 bridgehead atoms. The number of rotatable bonds is 4. The van der Waals surface area contributed by atoms with E-state index in [1.54, 1.807) is 0 Å². The van der Waals surface area contributed by atoms with E-state index in [-0.39, 0.29) is 5.60 Å². The summed E-state index contributed by atoms with van der Waals surface area (Å²) < 4.78 is 5.61. The first kappa shape index (κ1) is 12.2. The number of piperidine rings is 1. The summed E-state index contributed by atoms with van der Waals surface area (Å²) in [5.41, 5.74) is 2.86. The monoisotopic (exact) mass is 245 g/mol. The molecule has 1 saturated heterocycles. The second-order valence-electron chi connectivity index (χ2n) is 5.75. The van der Waals surface area contributed by atoms with E-state index in [2.05, 4.69) is 29.6 Å². The van der Waals surface area contributed by atoms with E-state index in [1.807, 2.05) is 7.11 Å². The molecular formula is C16H23NO. The molecule has 1 aliphatic carbocycles. The van der Waals surface area contributed by atoms with Gasteiger partial charge < -0.3 is 10.1 Å². The van der Waals surface area contributed by atoms with Crippen LogP contribution < -0.4 is 5.32 Å². The maximum Gasteiger partial charge on any atom is 0.0929 e. The highest BCUT2D eigenvalue weighted by Gasteiger charge is 2.44. The summed E-state index contributed by atoms with van der Waals surface area (Å²) >= 11 is 0. The lowest BCUT2D eigenvalue weighted by atomic mass is 9.96. The van der Waals surface area contributed by atoms with Crippen molar-refractivity contribution in [1.29, 1.82) is 0 Å². The van der Waals surface area contributed by atoms with Crippen molar-refractivity contribution >= 4 is 0 Å². The lowest BCUT2D eigenvalue weighted by Gasteiger charge is -2.23. The summed E-state index contributed by atoms with van der Waals surface area (Å²) in [5, 5.41) is 3.61. The Morgan fingerprint density at radius 3 is 2.56 bits per heavy atom. The van der Waals surface area contributed by atoms with E-state index in [4.69, 9.17) is 4.74 Å². The summed E-state index contributed by atoms with van der Waals surface area (Å²) in [6, 6.07) is 9.76. The lowest BCUT2D eigenvalue weighted by molar-refractivity contribution is 0.0789. The van der Waals surface area contributed by atoms with Gasteiger partial charge in [0.2, 0.25) is 0 Å². The van der Waals surface area contributed by atoms with E-state index in [9.17, 15) is 0 Å². The maximum absolute atomic E-state index is 5.61. The van der Waals surface area contributed by atoms with E-state index >= 15 is 0 Å². The van der Waals surface area contributed by atoms with Gasteiger partial charge in [0.25, 0.3) is 0 Å². The molecule has 0 amide bonds. The van der Waals surface area contributed by atoms with Crippen LogP contribution in [0.1, 0.15) is 43.2 Å². The summed E-state index contributed by atoms with van der Waals surface area (Å²) in [5.74, 6) is 0. The molecule has 1 atom stereocenters. The van der Waals surface area contributed by atoms with E-state index in [1.165, 1.54) is 56.2 Å². The van der Waals surface area contributed by atoms with Gasteiger partial charge in [-0.25, -0.2) is 0 Å². The predicted molar refractivity (Wildman–Crippen MR) is 73.7 cm³/mol. The molecule has 1 N–H and O–H groups in total. The van der Waals surface area contributed by atoms with E-state index in [0.29, 0.717) is 6.04 Å². The number of hydrogen-bond donors (Lipinski definition) is 1. The van der Waals surface area contributed by atoms with Crippen LogP contribution in [0.3, 0.4) is 0 Å². The van der Waals surface area contributed by atoms with Gasteiger partial charge in [-0.1, -0.05) is 30.7 Å². The number of benzene rings is 1. The van der Waals surface area contributed by atoms with Crippen LogP contribution in [-0.2, 0) is 16.8 Å². The molecule has 1 heterocycles. The van der Waals surface area contributed by atoms with Gasteiger partial charge in [-0.15, -0.1) is 0 Å². The molecule has 0 spiro atoms. The average molecular weight is 245 g/mol. The van der Waals surface area contributed by atoms with Gasteiger partial charge in [-0.3, -0.25) is 0 Å². The summed E-state index contributed by atoms with van der Waals surface area (Å²) in [4.78, 5) is 0. The van der Waals surface area contributed by atoms with Gasteiger partial charge in [0.1, 0.15) is 0 Å². The van der Waals surface area contributed by atoms with Gasteiger partial charge in [-0.05, 0) is 49.8 Å². The third-order valence-electron chi connectivity index (χ3n) is 4.47. The minimum atomic E-state index is 0.0572.